The molecule has 1 aromatic carbocycles. The zero-order chi connectivity index (χ0) is 16.1. The standard InChI is InChI=1S/C19H28N2O2/c1-15(18-8-11-23-12-9-18)20-19(22)21-10-7-17(14-21)13-16-5-3-2-4-6-16/h2-6,15,17-18H,7-14H2,1H3,(H,20,22). The van der Waals surface area contributed by atoms with Crippen LogP contribution in [0.5, 0.6) is 0 Å². The number of ether oxygens (including phenoxy) is 1. The minimum Gasteiger partial charge on any atom is -0.381 e. The highest BCUT2D eigenvalue weighted by molar-refractivity contribution is 5.74. The van der Waals surface area contributed by atoms with Gasteiger partial charge < -0.3 is 15.0 Å². The molecule has 2 fully saturated rings. The highest BCUT2D eigenvalue weighted by atomic mass is 16.5. The Bertz CT molecular complexity index is 499. The molecule has 0 aromatic heterocycles. The van der Waals surface area contributed by atoms with Crippen molar-refractivity contribution in [1.82, 2.24) is 10.2 Å². The van der Waals surface area contributed by atoms with Crippen LogP contribution >= 0.6 is 0 Å². The van der Waals surface area contributed by atoms with Crippen molar-refractivity contribution in [3.63, 3.8) is 0 Å². The van der Waals surface area contributed by atoms with Crippen LogP contribution in [0.4, 0.5) is 4.79 Å². The molecule has 1 aromatic rings. The fraction of sp³-hybridized carbons (Fsp3) is 0.632. The van der Waals surface area contributed by atoms with E-state index in [0.717, 1.165) is 52.0 Å². The number of hydrogen-bond donors (Lipinski definition) is 1. The molecule has 2 amide bonds. The first-order valence-corrected chi connectivity index (χ1v) is 8.89. The molecule has 2 saturated heterocycles. The van der Waals surface area contributed by atoms with E-state index in [1.807, 2.05) is 4.90 Å². The smallest absolute Gasteiger partial charge is 0.317 e. The van der Waals surface area contributed by atoms with E-state index < -0.39 is 0 Å². The Labute approximate surface area is 139 Å². The second kappa shape index (κ2) is 7.82. The summed E-state index contributed by atoms with van der Waals surface area (Å²) >= 11 is 0. The molecule has 0 spiro atoms. The van der Waals surface area contributed by atoms with Crippen molar-refractivity contribution < 1.29 is 9.53 Å². The molecule has 1 N–H and O–H groups in total. The predicted octanol–water partition coefficient (Wildman–Crippen LogP) is 3.08. The lowest BCUT2D eigenvalue weighted by Crippen LogP contribution is -2.46. The molecule has 4 heteroatoms. The molecule has 2 unspecified atom stereocenters. The average Bonchev–Trinajstić information content (AvgIpc) is 3.05. The van der Waals surface area contributed by atoms with Crippen molar-refractivity contribution in [3.8, 4) is 0 Å². The van der Waals surface area contributed by atoms with Gasteiger partial charge in [0.25, 0.3) is 0 Å². The van der Waals surface area contributed by atoms with Crippen molar-refractivity contribution >= 4 is 6.03 Å². The Balaban J connectivity index is 1.45. The van der Waals surface area contributed by atoms with Crippen molar-refractivity contribution in [2.45, 2.75) is 38.6 Å². The summed E-state index contributed by atoms with van der Waals surface area (Å²) in [6.07, 6.45) is 4.28. The van der Waals surface area contributed by atoms with E-state index >= 15 is 0 Å². The first-order valence-electron chi connectivity index (χ1n) is 8.89. The molecule has 0 aliphatic carbocycles. The topological polar surface area (TPSA) is 41.6 Å². The minimum absolute atomic E-state index is 0.111. The number of hydrogen-bond acceptors (Lipinski definition) is 2. The summed E-state index contributed by atoms with van der Waals surface area (Å²) in [4.78, 5) is 14.5. The van der Waals surface area contributed by atoms with Crippen LogP contribution < -0.4 is 5.32 Å². The number of urea groups is 1. The van der Waals surface area contributed by atoms with E-state index in [4.69, 9.17) is 4.74 Å². The van der Waals surface area contributed by atoms with Crippen molar-refractivity contribution in [2.75, 3.05) is 26.3 Å². The molecule has 23 heavy (non-hydrogen) atoms. The van der Waals surface area contributed by atoms with Crippen LogP contribution in [0.15, 0.2) is 30.3 Å². The molecule has 0 saturated carbocycles. The number of nitrogens with one attached hydrogen (secondary N) is 1. The molecule has 4 nitrogen and oxygen atoms in total. The SMILES string of the molecule is CC(NC(=O)N1CCC(Cc2ccccc2)C1)C1CCOCC1. The van der Waals surface area contributed by atoms with Crippen LogP contribution in [0.3, 0.4) is 0 Å². The van der Waals surface area contributed by atoms with Gasteiger partial charge >= 0.3 is 6.03 Å². The molecule has 0 bridgehead atoms. The molecular formula is C19H28N2O2. The summed E-state index contributed by atoms with van der Waals surface area (Å²) in [5, 5.41) is 3.21. The zero-order valence-corrected chi connectivity index (χ0v) is 14.0. The quantitative estimate of drug-likeness (QED) is 0.927. The second-order valence-electron chi connectivity index (χ2n) is 6.98. The lowest BCUT2D eigenvalue weighted by molar-refractivity contribution is 0.0564. The maximum absolute atomic E-state index is 12.5. The highest BCUT2D eigenvalue weighted by Crippen LogP contribution is 2.22. The number of rotatable bonds is 4. The van der Waals surface area contributed by atoms with Gasteiger partial charge in [-0.15, -0.1) is 0 Å². The molecule has 2 atom stereocenters. The molecule has 126 valence electrons. The van der Waals surface area contributed by atoms with Crippen LogP contribution in [0.1, 0.15) is 31.7 Å². The largest absolute Gasteiger partial charge is 0.381 e. The van der Waals surface area contributed by atoms with E-state index in [0.29, 0.717) is 11.8 Å². The van der Waals surface area contributed by atoms with Crippen LogP contribution in [0.25, 0.3) is 0 Å². The average molecular weight is 316 g/mol. The van der Waals surface area contributed by atoms with Crippen LogP contribution in [-0.2, 0) is 11.2 Å². The van der Waals surface area contributed by atoms with Gasteiger partial charge in [-0.25, -0.2) is 4.79 Å². The van der Waals surface area contributed by atoms with Crippen LogP contribution in [-0.4, -0.2) is 43.3 Å². The molecular weight excluding hydrogens is 288 g/mol. The number of likely N-dealkylation sites (tertiary alicyclic amines) is 1. The Kier molecular flexibility index (Phi) is 5.55. The van der Waals surface area contributed by atoms with Gasteiger partial charge in [0, 0.05) is 32.3 Å². The predicted molar refractivity (Wildman–Crippen MR) is 91.4 cm³/mol. The zero-order valence-electron chi connectivity index (χ0n) is 14.0. The maximum atomic E-state index is 12.5. The van der Waals surface area contributed by atoms with Gasteiger partial charge in [-0.1, -0.05) is 30.3 Å². The summed E-state index contributed by atoms with van der Waals surface area (Å²) in [5.41, 5.74) is 1.37. The van der Waals surface area contributed by atoms with E-state index in [1.54, 1.807) is 0 Å². The molecule has 0 radical (unpaired) electrons. The normalized spacial score (nSPS) is 23.7. The summed E-state index contributed by atoms with van der Waals surface area (Å²) in [6, 6.07) is 10.9. The lowest BCUT2D eigenvalue weighted by atomic mass is 9.93. The third kappa shape index (κ3) is 4.47. The van der Waals surface area contributed by atoms with Crippen LogP contribution in [0.2, 0.25) is 0 Å². The number of carbonyl (C=O) groups is 1. The lowest BCUT2D eigenvalue weighted by Gasteiger charge is -2.30. The van der Waals surface area contributed by atoms with Gasteiger partial charge in [-0.3, -0.25) is 0 Å². The molecule has 2 aliphatic rings. The van der Waals surface area contributed by atoms with Gasteiger partial charge in [-0.05, 0) is 50.0 Å². The van der Waals surface area contributed by atoms with Gasteiger partial charge in [0.05, 0.1) is 0 Å². The van der Waals surface area contributed by atoms with Crippen molar-refractivity contribution in [3.05, 3.63) is 35.9 Å². The van der Waals surface area contributed by atoms with E-state index in [9.17, 15) is 4.79 Å². The van der Waals surface area contributed by atoms with Gasteiger partial charge in [0.2, 0.25) is 0 Å². The molecule has 3 rings (SSSR count). The van der Waals surface area contributed by atoms with Crippen molar-refractivity contribution in [1.29, 1.82) is 0 Å². The van der Waals surface area contributed by atoms with Gasteiger partial charge in [-0.2, -0.15) is 0 Å². The minimum atomic E-state index is 0.111. The number of benzene rings is 1. The Morgan fingerprint density at radius 3 is 2.74 bits per heavy atom. The highest BCUT2D eigenvalue weighted by Gasteiger charge is 2.28. The fourth-order valence-electron chi connectivity index (χ4n) is 3.75. The third-order valence-electron chi connectivity index (χ3n) is 5.26. The van der Waals surface area contributed by atoms with Crippen LogP contribution in [0, 0.1) is 11.8 Å². The Morgan fingerprint density at radius 2 is 2.00 bits per heavy atom. The van der Waals surface area contributed by atoms with E-state index in [1.165, 1.54) is 5.56 Å². The van der Waals surface area contributed by atoms with Gasteiger partial charge in [0.1, 0.15) is 0 Å². The number of amides is 2. The van der Waals surface area contributed by atoms with E-state index in [2.05, 4.69) is 42.6 Å². The fourth-order valence-corrected chi connectivity index (χ4v) is 3.75. The summed E-state index contributed by atoms with van der Waals surface area (Å²) in [6.45, 7) is 5.54. The maximum Gasteiger partial charge on any atom is 0.317 e. The molecule has 2 heterocycles. The number of nitrogens with zero attached hydrogens (tertiary/aromatic N) is 1. The summed E-state index contributed by atoms with van der Waals surface area (Å²) in [7, 11) is 0. The number of carbonyl (C=O) groups excluding carboxylic acids is 1. The monoisotopic (exact) mass is 316 g/mol. The Morgan fingerprint density at radius 1 is 1.26 bits per heavy atom. The second-order valence-corrected chi connectivity index (χ2v) is 6.98. The third-order valence-corrected chi connectivity index (χ3v) is 5.26. The summed E-state index contributed by atoms with van der Waals surface area (Å²) < 4.78 is 5.40. The van der Waals surface area contributed by atoms with Crippen molar-refractivity contribution in [2.24, 2.45) is 11.8 Å². The van der Waals surface area contributed by atoms with Gasteiger partial charge in [0.15, 0.2) is 0 Å². The first-order chi connectivity index (χ1) is 11.2. The molecule has 2 aliphatic heterocycles. The van der Waals surface area contributed by atoms with E-state index in [-0.39, 0.29) is 12.1 Å². The Hall–Kier alpha value is -1.55. The first kappa shape index (κ1) is 16.3. The summed E-state index contributed by atoms with van der Waals surface area (Å²) in [5.74, 6) is 1.14.